The number of carbonyl (C=O) groups excluding carboxylic acids is 2. The van der Waals surface area contributed by atoms with Crippen molar-refractivity contribution < 1.29 is 14.3 Å². The molecule has 1 fully saturated rings. The van der Waals surface area contributed by atoms with E-state index < -0.39 is 11.5 Å². The minimum absolute atomic E-state index is 0. The van der Waals surface area contributed by atoms with E-state index in [1.54, 1.807) is 0 Å². The summed E-state index contributed by atoms with van der Waals surface area (Å²) in [5, 5.41) is 5.73. The Hall–Kier alpha value is -4.13. The van der Waals surface area contributed by atoms with Crippen LogP contribution in [-0.2, 0) is 21.6 Å². The summed E-state index contributed by atoms with van der Waals surface area (Å²) in [6.07, 6.45) is 3.64. The van der Waals surface area contributed by atoms with Crippen LogP contribution in [0.25, 0.3) is 0 Å². The molecule has 0 saturated carbocycles. The van der Waals surface area contributed by atoms with E-state index in [1.165, 1.54) is 29.5 Å². The molecule has 0 spiro atoms. The van der Waals surface area contributed by atoms with E-state index in [2.05, 4.69) is 94.4 Å². The molecule has 236 valence electrons. The summed E-state index contributed by atoms with van der Waals surface area (Å²) in [5.74, 6) is 0.389. The Morgan fingerprint density at radius 3 is 1.84 bits per heavy atom. The van der Waals surface area contributed by atoms with Crippen molar-refractivity contribution in [3.8, 4) is 0 Å². The number of nitrogens with zero attached hydrogens (tertiary/aromatic N) is 1. The van der Waals surface area contributed by atoms with Gasteiger partial charge < -0.3 is 20.3 Å². The van der Waals surface area contributed by atoms with Gasteiger partial charge in [0.15, 0.2) is 0 Å². The molecule has 0 unspecified atom stereocenters. The molecule has 7 heteroatoms. The van der Waals surface area contributed by atoms with Crippen LogP contribution in [0.2, 0.25) is 0 Å². The molecule has 0 radical (unpaired) electrons. The average molecular weight is 626 g/mol. The summed E-state index contributed by atoms with van der Waals surface area (Å²) in [7, 11) is 0. The highest BCUT2D eigenvalue weighted by atomic mass is 35.5. The average Bonchev–Trinajstić information content (AvgIpc) is 3.10. The molecule has 45 heavy (non-hydrogen) atoms. The third-order valence-corrected chi connectivity index (χ3v) is 8.78. The topological polar surface area (TPSA) is 70.7 Å². The van der Waals surface area contributed by atoms with Crippen molar-refractivity contribution in [3.05, 3.63) is 144 Å². The summed E-state index contributed by atoms with van der Waals surface area (Å²) >= 11 is 0. The van der Waals surface area contributed by atoms with Crippen LogP contribution in [0.4, 0.5) is 4.79 Å². The Kier molecular flexibility index (Phi) is 13.0. The molecule has 6 nitrogen and oxygen atoms in total. The number of carbonyl (C=O) groups is 2. The van der Waals surface area contributed by atoms with Crippen molar-refractivity contribution in [1.82, 2.24) is 15.5 Å². The first-order chi connectivity index (χ1) is 21.6. The van der Waals surface area contributed by atoms with Gasteiger partial charge in [0.2, 0.25) is 5.91 Å². The Morgan fingerprint density at radius 2 is 1.27 bits per heavy atom. The minimum Gasteiger partial charge on any atom is -0.445 e. The fraction of sp³-hybridized carbons (Fsp3) is 0.316. The van der Waals surface area contributed by atoms with E-state index in [0.717, 1.165) is 38.0 Å². The highest BCUT2D eigenvalue weighted by molar-refractivity contribution is 5.85. The zero-order valence-electron chi connectivity index (χ0n) is 25.8. The molecule has 1 saturated heterocycles. The van der Waals surface area contributed by atoms with Crippen LogP contribution in [-0.4, -0.2) is 49.6 Å². The molecule has 2 amide bonds. The fourth-order valence-electron chi connectivity index (χ4n) is 6.32. The number of rotatable bonds is 13. The van der Waals surface area contributed by atoms with Gasteiger partial charge in [-0.15, -0.1) is 12.4 Å². The summed E-state index contributed by atoms with van der Waals surface area (Å²) in [6, 6.07) is 41.3. The fourth-order valence-corrected chi connectivity index (χ4v) is 6.32. The van der Waals surface area contributed by atoms with Gasteiger partial charge in [0.1, 0.15) is 6.61 Å². The third-order valence-electron chi connectivity index (χ3n) is 8.78. The van der Waals surface area contributed by atoms with Crippen molar-refractivity contribution in [2.45, 2.75) is 43.6 Å². The van der Waals surface area contributed by atoms with Gasteiger partial charge in [-0.2, -0.15) is 0 Å². The zero-order valence-corrected chi connectivity index (χ0v) is 26.6. The Labute approximate surface area is 273 Å². The normalized spacial score (nSPS) is 13.8. The SMILES string of the molecule is Cl.O=C(CNC(=O)OCc1ccccc1)NCC(CCCN1CCC(c2ccccc2)CC1)(c1ccccc1)c1ccccc1. The van der Waals surface area contributed by atoms with E-state index >= 15 is 0 Å². The van der Waals surface area contributed by atoms with E-state index in [4.69, 9.17) is 4.74 Å². The van der Waals surface area contributed by atoms with Gasteiger partial charge >= 0.3 is 6.09 Å². The summed E-state index contributed by atoms with van der Waals surface area (Å²) in [4.78, 5) is 27.8. The standard InChI is InChI=1S/C38H43N3O3.ClH/c42-36(28-39-37(43)44-29-31-14-5-1-6-15-31)40-30-38(34-18-9-3-10-19-34,35-20-11-4-12-21-35)24-13-25-41-26-22-33(23-27-41)32-16-7-2-8-17-32;/h1-12,14-21,33H,13,22-30H2,(H,39,43)(H,40,42);1H. The molecule has 1 heterocycles. The number of ether oxygens (including phenoxy) is 1. The van der Waals surface area contributed by atoms with Crippen LogP contribution < -0.4 is 10.6 Å². The van der Waals surface area contributed by atoms with Crippen LogP contribution in [0.3, 0.4) is 0 Å². The number of hydrogen-bond acceptors (Lipinski definition) is 4. The Bertz CT molecular complexity index is 1390. The van der Waals surface area contributed by atoms with Crippen LogP contribution in [0.5, 0.6) is 0 Å². The van der Waals surface area contributed by atoms with Crippen molar-refractivity contribution in [3.63, 3.8) is 0 Å². The van der Waals surface area contributed by atoms with Crippen LogP contribution in [0.15, 0.2) is 121 Å². The molecule has 1 aliphatic rings. The van der Waals surface area contributed by atoms with E-state index in [0.29, 0.717) is 12.5 Å². The summed E-state index contributed by atoms with van der Waals surface area (Å²) in [6.45, 7) is 3.66. The van der Waals surface area contributed by atoms with Gasteiger partial charge in [0.05, 0.1) is 6.54 Å². The maximum atomic E-state index is 13.0. The number of piperidine rings is 1. The van der Waals surface area contributed by atoms with E-state index in [1.807, 2.05) is 42.5 Å². The number of amides is 2. The molecule has 5 rings (SSSR count). The monoisotopic (exact) mass is 625 g/mol. The molecule has 0 atom stereocenters. The first kappa shape index (κ1) is 33.8. The molecule has 1 aliphatic heterocycles. The quantitative estimate of drug-likeness (QED) is 0.166. The number of nitrogens with one attached hydrogen (secondary N) is 2. The lowest BCUT2D eigenvalue weighted by molar-refractivity contribution is -0.120. The highest BCUT2D eigenvalue weighted by Crippen LogP contribution is 2.37. The number of halogens is 1. The highest BCUT2D eigenvalue weighted by Gasteiger charge is 2.34. The number of alkyl carbamates (subject to hydrolysis) is 1. The van der Waals surface area contributed by atoms with Crippen molar-refractivity contribution in [2.75, 3.05) is 32.7 Å². The molecule has 0 aromatic heterocycles. The number of likely N-dealkylation sites (tertiary alicyclic amines) is 1. The zero-order chi connectivity index (χ0) is 30.5. The van der Waals surface area contributed by atoms with Gasteiger partial charge in [0.25, 0.3) is 0 Å². The van der Waals surface area contributed by atoms with Crippen LogP contribution in [0.1, 0.15) is 53.9 Å². The van der Waals surface area contributed by atoms with Gasteiger partial charge in [-0.1, -0.05) is 121 Å². The van der Waals surface area contributed by atoms with Crippen molar-refractivity contribution in [2.24, 2.45) is 0 Å². The van der Waals surface area contributed by atoms with Gasteiger partial charge in [-0.25, -0.2) is 4.79 Å². The lowest BCUT2D eigenvalue weighted by Gasteiger charge is -2.37. The summed E-state index contributed by atoms with van der Waals surface area (Å²) < 4.78 is 5.27. The molecular weight excluding hydrogens is 582 g/mol. The molecule has 4 aromatic rings. The smallest absolute Gasteiger partial charge is 0.407 e. The van der Waals surface area contributed by atoms with Crippen molar-refractivity contribution >= 4 is 24.4 Å². The molecule has 0 aliphatic carbocycles. The second-order valence-electron chi connectivity index (χ2n) is 11.6. The lowest BCUT2D eigenvalue weighted by atomic mass is 9.71. The lowest BCUT2D eigenvalue weighted by Crippen LogP contribution is -2.45. The first-order valence-corrected chi connectivity index (χ1v) is 15.7. The Balaban J connectivity index is 0.00000461. The third kappa shape index (κ3) is 9.68. The maximum Gasteiger partial charge on any atom is 0.407 e. The maximum absolute atomic E-state index is 13.0. The van der Waals surface area contributed by atoms with Gasteiger partial charge in [0, 0.05) is 12.0 Å². The second kappa shape index (κ2) is 17.4. The van der Waals surface area contributed by atoms with Gasteiger partial charge in [-0.3, -0.25) is 4.79 Å². The minimum atomic E-state index is -0.613. The predicted molar refractivity (Wildman–Crippen MR) is 183 cm³/mol. The second-order valence-corrected chi connectivity index (χ2v) is 11.6. The molecule has 0 bridgehead atoms. The van der Waals surface area contributed by atoms with Crippen LogP contribution >= 0.6 is 12.4 Å². The van der Waals surface area contributed by atoms with E-state index in [-0.39, 0.29) is 31.5 Å². The molecule has 4 aromatic carbocycles. The van der Waals surface area contributed by atoms with E-state index in [9.17, 15) is 9.59 Å². The Morgan fingerprint density at radius 1 is 0.733 bits per heavy atom. The first-order valence-electron chi connectivity index (χ1n) is 15.7. The molecule has 2 N–H and O–H groups in total. The predicted octanol–water partition coefficient (Wildman–Crippen LogP) is 7.10. The molecular formula is C38H44ClN3O3. The van der Waals surface area contributed by atoms with Crippen LogP contribution in [0, 0.1) is 0 Å². The van der Waals surface area contributed by atoms with Crippen molar-refractivity contribution in [1.29, 1.82) is 0 Å². The van der Waals surface area contributed by atoms with Gasteiger partial charge in [-0.05, 0) is 73.5 Å². The summed E-state index contributed by atoms with van der Waals surface area (Å²) in [5.41, 5.74) is 4.28. The number of benzene rings is 4. The number of hydrogen-bond donors (Lipinski definition) is 2. The largest absolute Gasteiger partial charge is 0.445 e.